The van der Waals surface area contributed by atoms with Crippen molar-refractivity contribution in [2.75, 3.05) is 11.9 Å². The molecule has 0 fully saturated rings. The van der Waals surface area contributed by atoms with Gasteiger partial charge in [0.1, 0.15) is 5.82 Å². The normalized spacial score (nSPS) is 16.4. The first-order valence-corrected chi connectivity index (χ1v) is 8.97. The number of urea groups is 1. The number of amides is 2. The number of nitrogens with zero attached hydrogens (tertiary/aromatic N) is 2. The lowest BCUT2D eigenvalue weighted by Gasteiger charge is -2.35. The van der Waals surface area contributed by atoms with Crippen LogP contribution in [0.1, 0.15) is 31.0 Å². The van der Waals surface area contributed by atoms with Crippen molar-refractivity contribution in [1.29, 1.82) is 0 Å². The summed E-state index contributed by atoms with van der Waals surface area (Å²) < 4.78 is 20.4. The van der Waals surface area contributed by atoms with Crippen molar-refractivity contribution in [3.8, 4) is 0 Å². The van der Waals surface area contributed by atoms with Gasteiger partial charge < -0.3 is 14.6 Å². The molecule has 140 valence electrons. The second-order valence-electron chi connectivity index (χ2n) is 6.69. The predicted octanol–water partition coefficient (Wildman–Crippen LogP) is 3.90. The molecule has 0 spiro atoms. The van der Waals surface area contributed by atoms with Gasteiger partial charge in [0.05, 0.1) is 11.6 Å². The van der Waals surface area contributed by atoms with Gasteiger partial charge in [0.2, 0.25) is 0 Å². The second-order valence-corrected chi connectivity index (χ2v) is 6.69. The van der Waals surface area contributed by atoms with Gasteiger partial charge in [0.25, 0.3) is 0 Å². The van der Waals surface area contributed by atoms with Gasteiger partial charge in [0, 0.05) is 24.8 Å². The number of aromatic nitrogens is 1. The van der Waals surface area contributed by atoms with Crippen molar-refractivity contribution in [1.82, 2.24) is 9.47 Å². The van der Waals surface area contributed by atoms with Crippen molar-refractivity contribution < 1.29 is 13.6 Å². The summed E-state index contributed by atoms with van der Waals surface area (Å²) in [6.45, 7) is 4.82. The third-order valence-corrected chi connectivity index (χ3v) is 5.14. The summed E-state index contributed by atoms with van der Waals surface area (Å²) in [4.78, 5) is 26.2. The van der Waals surface area contributed by atoms with Crippen molar-refractivity contribution in [2.45, 2.75) is 32.9 Å². The number of oxazole rings is 1. The number of hydrogen-bond donors (Lipinski definition) is 1. The minimum atomic E-state index is -0.417. The highest BCUT2D eigenvalue weighted by Crippen LogP contribution is 2.30. The molecule has 2 amide bonds. The van der Waals surface area contributed by atoms with Gasteiger partial charge >= 0.3 is 11.8 Å². The largest absolute Gasteiger partial charge is 0.419 e. The summed E-state index contributed by atoms with van der Waals surface area (Å²) in [6, 6.07) is 9.36. The quantitative estimate of drug-likeness (QED) is 0.745. The predicted molar refractivity (Wildman–Crippen MR) is 100 cm³/mol. The maximum atomic E-state index is 13.6. The molecule has 4 rings (SSSR count). The standard InChI is InChI=1S/C20H20FN3O3/c1-3-23-17-7-6-15(11-18(17)27-20(23)26)22-19(25)24-9-8-13-4-5-14(21)10-16(13)12(24)2/h4-7,10-12H,3,8-9H2,1-2H3,(H,22,25)/t12-/m1/s1. The van der Waals surface area contributed by atoms with E-state index in [1.807, 2.05) is 13.8 Å². The summed E-state index contributed by atoms with van der Waals surface area (Å²) >= 11 is 0. The van der Waals surface area contributed by atoms with Crippen LogP contribution in [0.5, 0.6) is 0 Å². The van der Waals surface area contributed by atoms with Crippen LogP contribution in [0.15, 0.2) is 45.6 Å². The molecule has 0 saturated heterocycles. The number of anilines is 1. The van der Waals surface area contributed by atoms with E-state index in [2.05, 4.69) is 5.32 Å². The molecule has 1 atom stereocenters. The van der Waals surface area contributed by atoms with Gasteiger partial charge in [-0.05, 0) is 55.7 Å². The van der Waals surface area contributed by atoms with Gasteiger partial charge in [-0.2, -0.15) is 0 Å². The summed E-state index contributed by atoms with van der Waals surface area (Å²) in [5.41, 5.74) is 3.56. The van der Waals surface area contributed by atoms with Crippen molar-refractivity contribution in [3.63, 3.8) is 0 Å². The maximum Gasteiger partial charge on any atom is 0.419 e. The van der Waals surface area contributed by atoms with Gasteiger partial charge in [-0.1, -0.05) is 6.07 Å². The maximum absolute atomic E-state index is 13.6. The highest BCUT2D eigenvalue weighted by molar-refractivity contribution is 5.92. The van der Waals surface area contributed by atoms with Crippen molar-refractivity contribution in [3.05, 3.63) is 63.9 Å². The SMILES string of the molecule is CCn1c(=O)oc2cc(NC(=O)N3CCc4ccc(F)cc4[C@H]3C)ccc21. The van der Waals surface area contributed by atoms with E-state index in [1.165, 1.54) is 16.7 Å². The van der Waals surface area contributed by atoms with E-state index in [0.717, 1.165) is 11.1 Å². The van der Waals surface area contributed by atoms with Crippen molar-refractivity contribution in [2.24, 2.45) is 0 Å². The molecule has 2 heterocycles. The van der Waals surface area contributed by atoms with E-state index in [-0.39, 0.29) is 17.9 Å². The number of fused-ring (bicyclic) bond motifs is 2. The topological polar surface area (TPSA) is 67.5 Å². The fourth-order valence-corrected chi connectivity index (χ4v) is 3.70. The number of halogens is 1. The Bertz CT molecular complexity index is 1090. The molecule has 6 nitrogen and oxygen atoms in total. The second kappa shape index (κ2) is 6.57. The zero-order valence-electron chi connectivity index (χ0n) is 15.2. The Balaban J connectivity index is 1.57. The van der Waals surface area contributed by atoms with Crippen LogP contribution in [0, 0.1) is 5.82 Å². The molecule has 27 heavy (non-hydrogen) atoms. The van der Waals surface area contributed by atoms with Gasteiger partial charge in [0.15, 0.2) is 5.58 Å². The number of carbonyl (C=O) groups is 1. The first kappa shape index (κ1) is 17.3. The van der Waals surface area contributed by atoms with E-state index in [9.17, 15) is 14.0 Å². The lowest BCUT2D eigenvalue weighted by molar-refractivity contribution is 0.188. The Kier molecular flexibility index (Phi) is 4.22. The lowest BCUT2D eigenvalue weighted by Crippen LogP contribution is -2.41. The van der Waals surface area contributed by atoms with E-state index < -0.39 is 5.76 Å². The number of carbonyl (C=O) groups excluding carboxylic acids is 1. The molecule has 1 aliphatic heterocycles. The number of hydrogen-bond acceptors (Lipinski definition) is 3. The molecule has 2 aromatic carbocycles. The van der Waals surface area contributed by atoms with Crippen LogP contribution in [0.3, 0.4) is 0 Å². The van der Waals surface area contributed by atoms with Crippen LogP contribution in [0.2, 0.25) is 0 Å². The van der Waals surface area contributed by atoms with E-state index in [4.69, 9.17) is 4.42 Å². The van der Waals surface area contributed by atoms with Crippen LogP contribution < -0.4 is 11.1 Å². The van der Waals surface area contributed by atoms with Gasteiger partial charge in [-0.25, -0.2) is 14.0 Å². The van der Waals surface area contributed by atoms with E-state index in [0.29, 0.717) is 36.3 Å². The minimum Gasteiger partial charge on any atom is -0.408 e. The van der Waals surface area contributed by atoms with Crippen LogP contribution >= 0.6 is 0 Å². The number of benzene rings is 2. The molecule has 0 saturated carbocycles. The van der Waals surface area contributed by atoms with E-state index in [1.54, 1.807) is 29.2 Å². The molecule has 0 bridgehead atoms. The summed E-state index contributed by atoms with van der Waals surface area (Å²) in [5, 5.41) is 2.85. The molecule has 1 aliphatic rings. The number of rotatable bonds is 2. The smallest absolute Gasteiger partial charge is 0.408 e. The monoisotopic (exact) mass is 369 g/mol. The van der Waals surface area contributed by atoms with Gasteiger partial charge in [-0.15, -0.1) is 0 Å². The average molecular weight is 369 g/mol. The fourth-order valence-electron chi connectivity index (χ4n) is 3.70. The zero-order chi connectivity index (χ0) is 19.1. The Hall–Kier alpha value is -3.09. The van der Waals surface area contributed by atoms with Gasteiger partial charge in [-0.3, -0.25) is 4.57 Å². The summed E-state index contributed by atoms with van der Waals surface area (Å²) in [6.07, 6.45) is 0.681. The fraction of sp³-hybridized carbons (Fsp3) is 0.300. The Morgan fingerprint density at radius 1 is 1.30 bits per heavy atom. The zero-order valence-corrected chi connectivity index (χ0v) is 15.2. The number of aryl methyl sites for hydroxylation is 1. The molecule has 1 N–H and O–H groups in total. The van der Waals surface area contributed by atoms with Crippen LogP contribution in [-0.4, -0.2) is 22.0 Å². The summed E-state index contributed by atoms with van der Waals surface area (Å²) in [5.74, 6) is -0.719. The molecule has 0 aliphatic carbocycles. The molecular weight excluding hydrogens is 349 g/mol. The Morgan fingerprint density at radius 2 is 2.11 bits per heavy atom. The van der Waals surface area contributed by atoms with Crippen LogP contribution in [0.25, 0.3) is 11.1 Å². The molecule has 1 aromatic heterocycles. The highest BCUT2D eigenvalue weighted by atomic mass is 19.1. The third kappa shape index (κ3) is 2.99. The molecule has 7 heteroatoms. The Morgan fingerprint density at radius 3 is 2.89 bits per heavy atom. The molecule has 0 unspecified atom stereocenters. The number of nitrogens with one attached hydrogen (secondary N) is 1. The van der Waals surface area contributed by atoms with Crippen molar-refractivity contribution >= 4 is 22.8 Å². The molecule has 3 aromatic rings. The molecule has 0 radical (unpaired) electrons. The first-order valence-electron chi connectivity index (χ1n) is 8.97. The minimum absolute atomic E-state index is 0.229. The summed E-state index contributed by atoms with van der Waals surface area (Å²) in [7, 11) is 0. The highest BCUT2D eigenvalue weighted by Gasteiger charge is 2.28. The van der Waals surface area contributed by atoms with Crippen LogP contribution in [0.4, 0.5) is 14.9 Å². The first-order chi connectivity index (χ1) is 13.0. The lowest BCUT2D eigenvalue weighted by atomic mass is 9.94. The van der Waals surface area contributed by atoms with Crippen LogP contribution in [-0.2, 0) is 13.0 Å². The average Bonchev–Trinajstić information content (AvgIpc) is 2.96. The Labute approximate surface area is 155 Å². The molecular formula is C20H20FN3O3. The van der Waals surface area contributed by atoms with E-state index >= 15 is 0 Å². The third-order valence-electron chi connectivity index (χ3n) is 5.14.